The number of rotatable bonds is 4. The third-order valence-corrected chi connectivity index (χ3v) is 3.47. The van der Waals surface area contributed by atoms with Crippen molar-refractivity contribution in [1.29, 1.82) is 0 Å². The zero-order valence-electron chi connectivity index (χ0n) is 11.8. The van der Waals surface area contributed by atoms with E-state index in [0.29, 0.717) is 0 Å². The molecule has 0 heterocycles. The first-order chi connectivity index (χ1) is 9.11. The lowest BCUT2D eigenvalue weighted by atomic mass is 10.1. The van der Waals surface area contributed by atoms with E-state index in [2.05, 4.69) is 43.1 Å². The van der Waals surface area contributed by atoms with Gasteiger partial charge in [-0.2, -0.15) is 0 Å². The number of aliphatic hydroxyl groups excluding tert-OH is 1. The Morgan fingerprint density at radius 2 is 1.42 bits per heavy atom. The minimum atomic E-state index is -0.362. The molecule has 2 rings (SSSR count). The minimum absolute atomic E-state index is 0.362. The van der Waals surface area contributed by atoms with Crippen LogP contribution in [0.3, 0.4) is 0 Å². The standard InChI is InChI=1S/C17H21NO/c1-4-17(19)14-7-11-16(12-8-14)18(3)15-9-5-13(2)6-10-15/h5-12,17,19H,4H2,1-3H3. The molecule has 0 bridgehead atoms. The molecular weight excluding hydrogens is 234 g/mol. The molecule has 0 radical (unpaired) electrons. The van der Waals surface area contributed by atoms with E-state index in [4.69, 9.17) is 0 Å². The predicted octanol–water partition coefficient (Wildman–Crippen LogP) is 4.21. The van der Waals surface area contributed by atoms with Crippen LogP contribution in [0.15, 0.2) is 48.5 Å². The molecule has 2 heteroatoms. The summed E-state index contributed by atoms with van der Waals surface area (Å²) in [6.07, 6.45) is 0.381. The SMILES string of the molecule is CCC(O)c1ccc(N(C)c2ccc(C)cc2)cc1. The smallest absolute Gasteiger partial charge is 0.0787 e. The van der Waals surface area contributed by atoms with E-state index in [1.807, 2.05) is 31.2 Å². The average molecular weight is 255 g/mol. The molecule has 0 fully saturated rings. The molecule has 1 N–H and O–H groups in total. The van der Waals surface area contributed by atoms with Crippen LogP contribution in [-0.4, -0.2) is 12.2 Å². The summed E-state index contributed by atoms with van der Waals surface area (Å²) in [5, 5.41) is 9.79. The first-order valence-electron chi connectivity index (χ1n) is 6.70. The summed E-state index contributed by atoms with van der Waals surface area (Å²) < 4.78 is 0. The fourth-order valence-electron chi connectivity index (χ4n) is 2.07. The maximum Gasteiger partial charge on any atom is 0.0787 e. The summed E-state index contributed by atoms with van der Waals surface area (Å²) in [7, 11) is 2.05. The second-order valence-corrected chi connectivity index (χ2v) is 4.91. The maximum atomic E-state index is 9.79. The first-order valence-corrected chi connectivity index (χ1v) is 6.70. The molecule has 1 atom stereocenters. The molecule has 2 aromatic carbocycles. The number of anilines is 2. The fourth-order valence-corrected chi connectivity index (χ4v) is 2.07. The first kappa shape index (κ1) is 13.6. The summed E-state index contributed by atoms with van der Waals surface area (Å²) >= 11 is 0. The minimum Gasteiger partial charge on any atom is -0.388 e. The van der Waals surface area contributed by atoms with Crippen molar-refractivity contribution in [2.45, 2.75) is 26.4 Å². The van der Waals surface area contributed by atoms with Crippen LogP contribution in [0.25, 0.3) is 0 Å². The average Bonchev–Trinajstić information content (AvgIpc) is 2.46. The van der Waals surface area contributed by atoms with E-state index in [1.165, 1.54) is 5.56 Å². The second-order valence-electron chi connectivity index (χ2n) is 4.91. The van der Waals surface area contributed by atoms with Crippen LogP contribution >= 0.6 is 0 Å². The molecule has 0 amide bonds. The van der Waals surface area contributed by atoms with Crippen LogP contribution in [0.2, 0.25) is 0 Å². The van der Waals surface area contributed by atoms with Gasteiger partial charge in [0.25, 0.3) is 0 Å². The Hall–Kier alpha value is -1.80. The fraction of sp³-hybridized carbons (Fsp3) is 0.294. The second kappa shape index (κ2) is 5.89. The monoisotopic (exact) mass is 255 g/mol. The van der Waals surface area contributed by atoms with Crippen molar-refractivity contribution in [2.24, 2.45) is 0 Å². The molecule has 0 aliphatic rings. The Morgan fingerprint density at radius 3 is 1.89 bits per heavy atom. The van der Waals surface area contributed by atoms with Crippen molar-refractivity contribution in [1.82, 2.24) is 0 Å². The Balaban J connectivity index is 2.19. The van der Waals surface area contributed by atoms with Crippen LogP contribution in [0.1, 0.15) is 30.6 Å². The highest BCUT2D eigenvalue weighted by Gasteiger charge is 2.07. The highest BCUT2D eigenvalue weighted by molar-refractivity contribution is 5.62. The maximum absolute atomic E-state index is 9.79. The largest absolute Gasteiger partial charge is 0.388 e. The highest BCUT2D eigenvalue weighted by atomic mass is 16.3. The number of nitrogens with zero attached hydrogens (tertiary/aromatic N) is 1. The lowest BCUT2D eigenvalue weighted by Crippen LogP contribution is -2.09. The summed E-state index contributed by atoms with van der Waals surface area (Å²) in [5.41, 5.74) is 4.52. The van der Waals surface area contributed by atoms with Gasteiger partial charge in [0.2, 0.25) is 0 Å². The van der Waals surface area contributed by atoms with Gasteiger partial charge in [-0.3, -0.25) is 0 Å². The van der Waals surface area contributed by atoms with Gasteiger partial charge in [-0.25, -0.2) is 0 Å². The molecule has 0 saturated heterocycles. The van der Waals surface area contributed by atoms with Gasteiger partial charge in [0.15, 0.2) is 0 Å². The third kappa shape index (κ3) is 3.15. The van der Waals surface area contributed by atoms with Crippen LogP contribution in [0, 0.1) is 6.92 Å². The van der Waals surface area contributed by atoms with Gasteiger partial charge in [0.1, 0.15) is 0 Å². The molecule has 0 spiro atoms. The van der Waals surface area contributed by atoms with Crippen molar-refractivity contribution in [3.05, 3.63) is 59.7 Å². The molecule has 2 nitrogen and oxygen atoms in total. The molecule has 0 saturated carbocycles. The third-order valence-electron chi connectivity index (χ3n) is 3.47. The Bertz CT molecular complexity index is 516. The highest BCUT2D eigenvalue weighted by Crippen LogP contribution is 2.26. The van der Waals surface area contributed by atoms with Gasteiger partial charge in [0, 0.05) is 18.4 Å². The van der Waals surface area contributed by atoms with E-state index < -0.39 is 0 Å². The van der Waals surface area contributed by atoms with Gasteiger partial charge in [-0.15, -0.1) is 0 Å². The summed E-state index contributed by atoms with van der Waals surface area (Å²) in [6.45, 7) is 4.07. The number of aliphatic hydroxyl groups is 1. The molecule has 0 aromatic heterocycles. The Morgan fingerprint density at radius 1 is 0.947 bits per heavy atom. The zero-order valence-corrected chi connectivity index (χ0v) is 11.8. The zero-order chi connectivity index (χ0) is 13.8. The quantitative estimate of drug-likeness (QED) is 0.884. The van der Waals surface area contributed by atoms with Crippen molar-refractivity contribution in [3.8, 4) is 0 Å². The Kier molecular flexibility index (Phi) is 4.23. The van der Waals surface area contributed by atoms with E-state index >= 15 is 0 Å². The number of hydrogen-bond donors (Lipinski definition) is 1. The summed E-state index contributed by atoms with van der Waals surface area (Å²) in [5.74, 6) is 0. The van der Waals surface area contributed by atoms with Crippen molar-refractivity contribution in [2.75, 3.05) is 11.9 Å². The lowest BCUT2D eigenvalue weighted by molar-refractivity contribution is 0.173. The van der Waals surface area contributed by atoms with Gasteiger partial charge < -0.3 is 10.0 Å². The normalized spacial score (nSPS) is 12.2. The van der Waals surface area contributed by atoms with E-state index in [1.54, 1.807) is 0 Å². The Labute approximate surface area is 115 Å². The van der Waals surface area contributed by atoms with Crippen LogP contribution in [-0.2, 0) is 0 Å². The van der Waals surface area contributed by atoms with Crippen LogP contribution < -0.4 is 4.90 Å². The number of hydrogen-bond acceptors (Lipinski definition) is 2. The predicted molar refractivity (Wildman–Crippen MR) is 80.9 cm³/mol. The van der Waals surface area contributed by atoms with Gasteiger partial charge >= 0.3 is 0 Å². The molecule has 0 aliphatic heterocycles. The van der Waals surface area contributed by atoms with Gasteiger partial charge in [-0.05, 0) is 43.2 Å². The summed E-state index contributed by atoms with van der Waals surface area (Å²) in [4.78, 5) is 2.14. The van der Waals surface area contributed by atoms with Crippen molar-refractivity contribution >= 4 is 11.4 Å². The van der Waals surface area contributed by atoms with Gasteiger partial charge in [-0.1, -0.05) is 36.8 Å². The molecular formula is C17H21NO. The molecule has 19 heavy (non-hydrogen) atoms. The number of benzene rings is 2. The topological polar surface area (TPSA) is 23.5 Å². The molecule has 100 valence electrons. The molecule has 1 unspecified atom stereocenters. The van der Waals surface area contributed by atoms with E-state index in [-0.39, 0.29) is 6.10 Å². The summed E-state index contributed by atoms with van der Waals surface area (Å²) in [6, 6.07) is 16.5. The van der Waals surface area contributed by atoms with Crippen LogP contribution in [0.4, 0.5) is 11.4 Å². The van der Waals surface area contributed by atoms with E-state index in [0.717, 1.165) is 23.4 Å². The van der Waals surface area contributed by atoms with Gasteiger partial charge in [0.05, 0.1) is 6.10 Å². The van der Waals surface area contributed by atoms with Crippen molar-refractivity contribution < 1.29 is 5.11 Å². The lowest BCUT2D eigenvalue weighted by Gasteiger charge is -2.20. The molecule has 0 aliphatic carbocycles. The van der Waals surface area contributed by atoms with Crippen LogP contribution in [0.5, 0.6) is 0 Å². The van der Waals surface area contributed by atoms with Crippen molar-refractivity contribution in [3.63, 3.8) is 0 Å². The molecule has 2 aromatic rings. The van der Waals surface area contributed by atoms with E-state index in [9.17, 15) is 5.11 Å². The number of aryl methyl sites for hydroxylation is 1.